The van der Waals surface area contributed by atoms with E-state index in [0.717, 1.165) is 133 Å². The maximum absolute atomic E-state index is 12.2. The van der Waals surface area contributed by atoms with Gasteiger partial charge in [0, 0.05) is 136 Å². The van der Waals surface area contributed by atoms with Gasteiger partial charge in [-0.15, -0.1) is 0 Å². The molecule has 6 N–H and O–H groups in total. The topological polar surface area (TPSA) is 397 Å². The summed E-state index contributed by atoms with van der Waals surface area (Å²) in [4.78, 5) is 133. The third-order valence-corrected chi connectivity index (χ3v) is 22.9. The van der Waals surface area contributed by atoms with Gasteiger partial charge in [-0.1, -0.05) is 30.4 Å². The number of halogens is 5. The Morgan fingerprint density at radius 1 is 0.448 bits per heavy atom. The van der Waals surface area contributed by atoms with Gasteiger partial charge in [-0.2, -0.15) is 0 Å². The smallest absolute Gasteiger partial charge is 0.410 e. The molecule has 0 aromatic carbocycles. The molecule has 0 aliphatic carbocycles. The third-order valence-electron chi connectivity index (χ3n) is 20.6. The highest BCUT2D eigenvalue weighted by Crippen LogP contribution is 2.31. The van der Waals surface area contributed by atoms with Crippen molar-refractivity contribution in [3.63, 3.8) is 0 Å². The molecule has 0 atom stereocenters. The van der Waals surface area contributed by atoms with E-state index in [4.69, 9.17) is 24.7 Å². The first-order chi connectivity index (χ1) is 63.5. The second kappa shape index (κ2) is 48.7. The van der Waals surface area contributed by atoms with Crippen molar-refractivity contribution in [2.75, 3.05) is 114 Å². The van der Waals surface area contributed by atoms with Crippen LogP contribution < -0.4 is 49.2 Å². The number of amides is 3. The number of rotatable bonds is 13. The lowest BCUT2D eigenvalue weighted by molar-refractivity contribution is -0.385. The maximum Gasteiger partial charge on any atom is 0.410 e. The molecule has 9 aromatic heterocycles. The van der Waals surface area contributed by atoms with Gasteiger partial charge in [-0.3, -0.25) is 58.9 Å². The lowest BCUT2D eigenvalue weighted by Crippen LogP contribution is -2.50. The quantitative estimate of drug-likeness (QED) is 0.0406. The molecule has 0 bridgehead atoms. The molecule has 16 heterocycles. The van der Waals surface area contributed by atoms with Crippen molar-refractivity contribution >= 4 is 177 Å². The molecule has 0 saturated carbocycles. The van der Waals surface area contributed by atoms with Crippen LogP contribution in [0, 0.1) is 10.1 Å². The second-order valence-electron chi connectivity index (χ2n) is 34.8. The summed E-state index contributed by atoms with van der Waals surface area (Å²) in [7, 11) is 6.87. The van der Waals surface area contributed by atoms with Gasteiger partial charge < -0.3 is 83.7 Å². The van der Waals surface area contributed by atoms with E-state index >= 15 is 0 Å². The summed E-state index contributed by atoms with van der Waals surface area (Å²) in [5.74, 6) is 0.213. The average Bonchev–Trinajstić information content (AvgIpc) is 0.435. The minimum absolute atomic E-state index is 0.0248. The fourth-order valence-corrected chi connectivity index (χ4v) is 16.5. The summed E-state index contributed by atoms with van der Waals surface area (Å²) in [5, 5.41) is 23.3. The van der Waals surface area contributed by atoms with Gasteiger partial charge in [-0.05, 0) is 287 Å². The van der Waals surface area contributed by atoms with Gasteiger partial charge in [0.2, 0.25) is 0 Å². The number of Topliss-reactive ketones (excluding diaryl/α,β-unsaturated/α-hetero) is 1. The average molecular weight is 2160 g/mol. The lowest BCUT2D eigenvalue weighted by atomic mass is 10.0. The number of aryl methyl sites for hydroxylation is 4. The fourth-order valence-electron chi connectivity index (χ4n) is 13.5. The van der Waals surface area contributed by atoms with Crippen molar-refractivity contribution in [2.45, 2.75) is 117 Å². The number of ketones is 1. The highest BCUT2D eigenvalue weighted by molar-refractivity contribution is 9.11. The molecule has 2 saturated heterocycles. The summed E-state index contributed by atoms with van der Waals surface area (Å²) in [5.41, 5.74) is 18.6. The van der Waals surface area contributed by atoms with Crippen LogP contribution in [0.3, 0.4) is 0 Å². The van der Waals surface area contributed by atoms with Crippen LogP contribution in [0.4, 0.5) is 59.9 Å². The highest BCUT2D eigenvalue weighted by Gasteiger charge is 2.30. The molecule has 0 radical (unpaired) electrons. The minimum Gasteiger partial charge on any atom is -0.444 e. The zero-order valence-electron chi connectivity index (χ0n) is 77.0. The molecular weight excluding hydrogens is 2050 g/mol. The number of nitrogens with one attached hydrogen (secondary N) is 4. The molecule has 34 nitrogen and oxygen atoms in total. The number of hydrogen-bond acceptors (Lipinski definition) is 26. The van der Waals surface area contributed by atoms with Gasteiger partial charge in [0.15, 0.2) is 5.78 Å². The molecule has 9 aromatic rings. The normalized spacial score (nSPS) is 15.5. The van der Waals surface area contributed by atoms with Crippen LogP contribution in [0.5, 0.6) is 0 Å². The molecular formula is C95H112Br5N19O15. The number of hydrogen-bond donors (Lipinski definition) is 5. The minimum atomic E-state index is -0.513. The molecule has 0 unspecified atom stereocenters. The first-order valence-corrected chi connectivity index (χ1v) is 47.1. The van der Waals surface area contributed by atoms with Crippen LogP contribution in [-0.4, -0.2) is 206 Å². The van der Waals surface area contributed by atoms with Gasteiger partial charge in [0.25, 0.3) is 27.9 Å². The number of nitrogens with zero attached hydrogens (tertiary/aromatic N) is 14. The van der Waals surface area contributed by atoms with Crippen molar-refractivity contribution in [1.82, 2.24) is 68.1 Å². The summed E-state index contributed by atoms with van der Waals surface area (Å²) >= 11 is 16.6. The van der Waals surface area contributed by atoms with Gasteiger partial charge >= 0.3 is 18.3 Å². The van der Waals surface area contributed by atoms with E-state index in [1.807, 2.05) is 129 Å². The molecule has 7 aliphatic rings. The number of nitro groups is 1. The van der Waals surface area contributed by atoms with E-state index in [0.29, 0.717) is 104 Å². The third kappa shape index (κ3) is 32.7. The Bertz CT molecular complexity index is 6030. The Morgan fingerprint density at radius 3 is 1.04 bits per heavy atom. The first kappa shape index (κ1) is 105. The molecule has 134 heavy (non-hydrogen) atoms. The van der Waals surface area contributed by atoms with Crippen LogP contribution in [0.1, 0.15) is 123 Å². The Balaban J connectivity index is 0.000000167. The monoisotopic (exact) mass is 2150 g/mol. The molecule has 2 fully saturated rings. The Labute approximate surface area is 819 Å². The molecule has 7 aliphatic heterocycles. The van der Waals surface area contributed by atoms with Crippen LogP contribution in [0.2, 0.25) is 0 Å². The zero-order valence-corrected chi connectivity index (χ0v) is 85.0. The van der Waals surface area contributed by atoms with E-state index in [1.165, 1.54) is 37.1 Å². The summed E-state index contributed by atoms with van der Waals surface area (Å²) < 4.78 is 35.9. The van der Waals surface area contributed by atoms with Crippen molar-refractivity contribution in [3.05, 3.63) is 273 Å². The van der Waals surface area contributed by atoms with E-state index in [1.54, 1.807) is 127 Å². The Morgan fingerprint density at radius 2 is 0.784 bits per heavy atom. The molecule has 39 heteroatoms. The second-order valence-corrected chi connectivity index (χ2v) is 39.3. The van der Waals surface area contributed by atoms with Gasteiger partial charge in [0.05, 0.1) is 105 Å². The zero-order chi connectivity index (χ0) is 97.3. The number of nitrogens with two attached hydrogens (primary N) is 1. The Kier molecular flexibility index (Phi) is 38.0. The Hall–Kier alpha value is -11.4. The maximum atomic E-state index is 12.2. The number of anilines is 7. The van der Waals surface area contributed by atoms with Crippen molar-refractivity contribution < 1.29 is 47.8 Å². The van der Waals surface area contributed by atoms with E-state index in [-0.39, 0.29) is 52.0 Å². The van der Waals surface area contributed by atoms with Crippen LogP contribution in [-0.2, 0) is 56.7 Å². The number of carbonyl (C=O) groups excluding carboxylic acids is 4. The largest absolute Gasteiger partial charge is 0.444 e. The van der Waals surface area contributed by atoms with Gasteiger partial charge in [0.1, 0.15) is 53.3 Å². The van der Waals surface area contributed by atoms with Crippen molar-refractivity contribution in [3.8, 4) is 0 Å². The van der Waals surface area contributed by atoms with Crippen LogP contribution >= 0.6 is 79.6 Å². The van der Waals surface area contributed by atoms with Gasteiger partial charge in [-0.25, -0.2) is 19.4 Å². The van der Waals surface area contributed by atoms with E-state index in [2.05, 4.69) is 148 Å². The van der Waals surface area contributed by atoms with E-state index < -0.39 is 21.7 Å². The fraction of sp³-hybridized carbons (Fsp3) is 0.379. The van der Waals surface area contributed by atoms with Crippen LogP contribution in [0.25, 0.3) is 27.9 Å². The first-order valence-electron chi connectivity index (χ1n) is 43.1. The van der Waals surface area contributed by atoms with E-state index in [9.17, 15) is 48.5 Å². The molecule has 3 amide bonds. The highest BCUT2D eigenvalue weighted by atomic mass is 79.9. The molecule has 16 rings (SSSR count). The lowest BCUT2D eigenvalue weighted by Gasteiger charge is -2.38. The predicted molar refractivity (Wildman–Crippen MR) is 539 cm³/mol. The van der Waals surface area contributed by atoms with Crippen molar-refractivity contribution in [1.29, 1.82) is 0 Å². The molecule has 0 spiro atoms. The number of aromatic nitrogens is 9. The van der Waals surface area contributed by atoms with Crippen LogP contribution in [0.15, 0.2) is 213 Å². The SMILES string of the molecule is CC(C)(C)OC(=O)N1CC=C(c2ccc(N)cn2)CC1.CC(C)(C)OC(=O)N1CC=C(c2ccc([N+](=O)[O-])cn2)CC1.Cn1cc(Br)cc(Br)c1=O.Cn1cc(Br)cc(Nc2ccc(C3=CCN(C(=O)OC(C)(C)C)CC3)nc2)c1=O.Cn1cc(Br)cc(Nc2ccc(C3=CCN(C4COC4)CC3)nc2)c1=O.Cn1cc(Br)cc(Nc2ccc(C3=CCNCC3)nc2)c1=O.O=C1COC1. The number of nitrogen functional groups attached to an aromatic ring is 1. The summed E-state index contributed by atoms with van der Waals surface area (Å²) in [6, 6.07) is 26.1. The summed E-state index contributed by atoms with van der Waals surface area (Å²) in [6.07, 6.45) is 28.6. The number of carbonyl (C=O) groups is 4. The number of pyridine rings is 9. The predicted octanol–water partition coefficient (Wildman–Crippen LogP) is 16.9. The standard InChI is InChI=1S/C21H25BrN4O3.C19H21BrN4O2.C16H17BrN4O.C15H19N3O4.C15H21N3O2.C6H5Br2NO.C3H4O2/c1-21(2,3)29-20(28)26-9-7-14(8-10-26)17-6-5-16(12-23-17)24-18-11-15(22)13-25(4)19(18)27;1-23-10-14(20)8-18(19(23)25)22-15-2-3-17(21-9-15)13-4-6-24(7-5-13)16-11-26-12-16;1-21-10-12(17)8-15(16(21)22)20-13-2-3-14(19-9-13)11-4-6-18-7-5-11;1-15(2,3)22-14(19)17-8-6-11(7-9-17)13-5-4-12(10-16-13)18(20)21;1-15(2,3)20-14(19)18-8-6-11(7-9-18)13-5-4-12(16)10-17-13;1-9-3-4(7)2-5(8)6(9)10;4-3-1-5-2-3/h5-7,11-13,24H,8-10H2,1-4H3;2-4,8-10,16,22H,5-7,11-12H2,1H3;2-4,8-10,18,20H,5-7H2,1H3;4-6,10H,7-9H2,1-3H3;4-6,10H,7-9,16H2,1-3H3;2-3H,1H3;1-2H2. The summed E-state index contributed by atoms with van der Waals surface area (Å²) in [6.45, 7) is 26.3. The molecule has 712 valence electrons. The van der Waals surface area contributed by atoms with Crippen molar-refractivity contribution in [2.24, 2.45) is 28.2 Å². The number of ether oxygens (including phenoxy) is 5.